The number of ether oxygens (including phenoxy) is 1. The van der Waals surface area contributed by atoms with E-state index in [4.69, 9.17) is 4.74 Å². The van der Waals surface area contributed by atoms with Crippen LogP contribution < -0.4 is 10.2 Å². The zero-order valence-corrected chi connectivity index (χ0v) is 18.7. The minimum atomic E-state index is -0.470. The van der Waals surface area contributed by atoms with Gasteiger partial charge in [-0.2, -0.15) is 0 Å². The van der Waals surface area contributed by atoms with Crippen LogP contribution in [-0.2, 0) is 14.3 Å². The highest BCUT2D eigenvalue weighted by Gasteiger charge is 2.54. The number of carbonyl (C=O) groups excluding carboxylic acids is 3. The first-order valence-corrected chi connectivity index (χ1v) is 10.8. The fraction of sp³-hybridized carbons (Fsp3) is 0.609. The largest absolute Gasteiger partial charge is 0.444 e. The van der Waals surface area contributed by atoms with E-state index in [1.807, 2.05) is 52.8 Å². The summed E-state index contributed by atoms with van der Waals surface area (Å²) in [5, 5.41) is 2.43. The lowest BCUT2D eigenvalue weighted by Gasteiger charge is -2.60. The summed E-state index contributed by atoms with van der Waals surface area (Å²) in [7, 11) is 0. The molecule has 0 saturated carbocycles. The number of anilines is 1. The van der Waals surface area contributed by atoms with Gasteiger partial charge in [0.15, 0.2) is 0 Å². The molecule has 30 heavy (non-hydrogen) atoms. The second-order valence-electron chi connectivity index (χ2n) is 9.29. The SMILES string of the molecule is CC.CC(C)(C)OC(=O)N1CC2(C1)CN(c1cccc(C3CCC(=O)NC3=O)c1)C2. The van der Waals surface area contributed by atoms with Crippen LogP contribution in [0, 0.1) is 5.41 Å². The maximum atomic E-state index is 12.1. The molecule has 0 bridgehead atoms. The van der Waals surface area contributed by atoms with Crippen molar-refractivity contribution in [3.63, 3.8) is 0 Å². The van der Waals surface area contributed by atoms with Crippen LogP contribution in [0.3, 0.4) is 0 Å². The van der Waals surface area contributed by atoms with E-state index in [0.29, 0.717) is 12.8 Å². The lowest BCUT2D eigenvalue weighted by atomic mass is 9.72. The molecule has 1 aromatic rings. The van der Waals surface area contributed by atoms with Gasteiger partial charge in [0, 0.05) is 43.7 Å². The molecule has 1 spiro atoms. The van der Waals surface area contributed by atoms with Gasteiger partial charge in [-0.1, -0.05) is 26.0 Å². The molecule has 0 radical (unpaired) electrons. The van der Waals surface area contributed by atoms with Gasteiger partial charge in [0.25, 0.3) is 0 Å². The van der Waals surface area contributed by atoms with Gasteiger partial charge in [0.2, 0.25) is 11.8 Å². The fourth-order valence-corrected chi connectivity index (χ4v) is 4.31. The molecule has 1 atom stereocenters. The highest BCUT2D eigenvalue weighted by atomic mass is 16.6. The van der Waals surface area contributed by atoms with Crippen molar-refractivity contribution < 1.29 is 19.1 Å². The number of piperidine rings is 1. The molecule has 1 aromatic carbocycles. The van der Waals surface area contributed by atoms with Crippen LogP contribution in [0.15, 0.2) is 24.3 Å². The molecule has 3 aliphatic heterocycles. The maximum Gasteiger partial charge on any atom is 0.410 e. The summed E-state index contributed by atoms with van der Waals surface area (Å²) in [6, 6.07) is 8.02. The van der Waals surface area contributed by atoms with Gasteiger partial charge >= 0.3 is 6.09 Å². The summed E-state index contributed by atoms with van der Waals surface area (Å²) in [4.78, 5) is 39.7. The third-order valence-electron chi connectivity index (χ3n) is 5.63. The maximum absolute atomic E-state index is 12.1. The molecule has 1 unspecified atom stereocenters. The first-order valence-electron chi connectivity index (χ1n) is 10.8. The van der Waals surface area contributed by atoms with Crippen molar-refractivity contribution >= 4 is 23.6 Å². The average Bonchev–Trinajstić information content (AvgIpc) is 2.60. The first kappa shape index (κ1) is 22.1. The van der Waals surface area contributed by atoms with E-state index in [1.54, 1.807) is 4.90 Å². The molecule has 3 saturated heterocycles. The van der Waals surface area contributed by atoms with E-state index >= 15 is 0 Å². The number of rotatable bonds is 2. The molecule has 1 N–H and O–H groups in total. The first-order chi connectivity index (χ1) is 14.1. The Kier molecular flexibility index (Phi) is 6.11. The Morgan fingerprint density at radius 2 is 1.80 bits per heavy atom. The second kappa shape index (κ2) is 8.28. The molecule has 3 heterocycles. The molecular weight excluding hydrogens is 382 g/mol. The van der Waals surface area contributed by atoms with Crippen molar-refractivity contribution in [3.05, 3.63) is 29.8 Å². The van der Waals surface area contributed by atoms with Crippen LogP contribution >= 0.6 is 0 Å². The lowest BCUT2D eigenvalue weighted by Crippen LogP contribution is -2.73. The van der Waals surface area contributed by atoms with Gasteiger partial charge in [0.1, 0.15) is 5.60 Å². The van der Waals surface area contributed by atoms with Gasteiger partial charge < -0.3 is 14.5 Å². The Balaban J connectivity index is 0.00000124. The summed E-state index contributed by atoms with van der Waals surface area (Å²) in [5.74, 6) is -0.665. The van der Waals surface area contributed by atoms with Crippen molar-refractivity contribution in [1.29, 1.82) is 0 Å². The fourth-order valence-electron chi connectivity index (χ4n) is 4.31. The van der Waals surface area contributed by atoms with Crippen LogP contribution in [0.1, 0.15) is 58.9 Å². The monoisotopic (exact) mass is 415 g/mol. The molecule has 0 aromatic heterocycles. The summed E-state index contributed by atoms with van der Waals surface area (Å²) < 4.78 is 5.43. The smallest absolute Gasteiger partial charge is 0.410 e. The van der Waals surface area contributed by atoms with Crippen LogP contribution in [-0.4, -0.2) is 54.6 Å². The van der Waals surface area contributed by atoms with E-state index in [0.717, 1.165) is 37.4 Å². The predicted molar refractivity (Wildman–Crippen MR) is 115 cm³/mol. The second-order valence-corrected chi connectivity index (χ2v) is 9.29. The summed E-state index contributed by atoms with van der Waals surface area (Å²) in [6.07, 6.45) is 0.702. The molecule has 7 heteroatoms. The van der Waals surface area contributed by atoms with Crippen LogP contribution in [0.4, 0.5) is 10.5 Å². The number of nitrogens with one attached hydrogen (secondary N) is 1. The minimum absolute atomic E-state index is 0.154. The normalized spacial score (nSPS) is 22.4. The Bertz CT molecular complexity index is 816. The molecular formula is C23H33N3O4. The van der Waals surface area contributed by atoms with Gasteiger partial charge in [-0.05, 0) is 44.9 Å². The van der Waals surface area contributed by atoms with E-state index in [9.17, 15) is 14.4 Å². The predicted octanol–water partition coefficient (Wildman–Crippen LogP) is 3.29. The Morgan fingerprint density at radius 3 is 2.40 bits per heavy atom. The minimum Gasteiger partial charge on any atom is -0.444 e. The molecule has 3 amide bonds. The molecule has 164 valence electrons. The Labute approximate surface area is 178 Å². The molecule has 3 aliphatic rings. The van der Waals surface area contributed by atoms with Gasteiger partial charge in [-0.3, -0.25) is 14.9 Å². The van der Waals surface area contributed by atoms with Gasteiger partial charge in [0.05, 0.1) is 5.92 Å². The number of likely N-dealkylation sites (tertiary alicyclic amines) is 1. The molecule has 3 fully saturated rings. The zero-order valence-electron chi connectivity index (χ0n) is 18.7. The van der Waals surface area contributed by atoms with E-state index < -0.39 is 5.60 Å². The highest BCUT2D eigenvalue weighted by Crippen LogP contribution is 2.43. The summed E-state index contributed by atoms with van der Waals surface area (Å²) in [6.45, 7) is 12.9. The van der Waals surface area contributed by atoms with Crippen molar-refractivity contribution in [1.82, 2.24) is 10.2 Å². The molecule has 7 nitrogen and oxygen atoms in total. The van der Waals surface area contributed by atoms with Crippen molar-refractivity contribution in [2.45, 2.75) is 59.0 Å². The average molecular weight is 416 g/mol. The topological polar surface area (TPSA) is 79.0 Å². The zero-order chi connectivity index (χ0) is 22.1. The van der Waals surface area contributed by atoms with Crippen LogP contribution in [0.5, 0.6) is 0 Å². The number of imide groups is 1. The lowest BCUT2D eigenvalue weighted by molar-refractivity contribution is -0.134. The number of hydrogen-bond acceptors (Lipinski definition) is 5. The van der Waals surface area contributed by atoms with Gasteiger partial charge in [-0.15, -0.1) is 0 Å². The number of carbonyl (C=O) groups is 3. The quantitative estimate of drug-likeness (QED) is 0.750. The van der Waals surface area contributed by atoms with Crippen LogP contribution in [0.2, 0.25) is 0 Å². The standard InChI is InChI=1S/C21H27N3O4.C2H6/c1-20(2,3)28-19(27)24-12-21(13-24)10-23(11-21)15-6-4-5-14(9-15)16-7-8-17(25)22-18(16)26;1-2/h4-6,9,16H,7-8,10-13H2,1-3H3,(H,22,25,26);1-2H3. The van der Waals surface area contributed by atoms with Crippen molar-refractivity contribution in [3.8, 4) is 0 Å². The van der Waals surface area contributed by atoms with Crippen molar-refractivity contribution in [2.75, 3.05) is 31.1 Å². The number of nitrogens with zero attached hydrogens (tertiary/aromatic N) is 2. The number of benzene rings is 1. The number of amides is 3. The van der Waals surface area contributed by atoms with E-state index in [2.05, 4.69) is 16.3 Å². The summed E-state index contributed by atoms with van der Waals surface area (Å²) >= 11 is 0. The highest BCUT2D eigenvalue weighted by molar-refractivity contribution is 6.01. The summed E-state index contributed by atoms with van der Waals surface area (Å²) in [5.41, 5.74) is 1.72. The van der Waals surface area contributed by atoms with Crippen molar-refractivity contribution in [2.24, 2.45) is 5.41 Å². The number of hydrogen-bond donors (Lipinski definition) is 1. The molecule has 0 aliphatic carbocycles. The third-order valence-corrected chi connectivity index (χ3v) is 5.63. The Hall–Kier alpha value is -2.57. The third kappa shape index (κ3) is 4.60. The van der Waals surface area contributed by atoms with E-state index in [1.165, 1.54) is 0 Å². The Morgan fingerprint density at radius 1 is 1.13 bits per heavy atom. The van der Waals surface area contributed by atoms with Crippen LogP contribution in [0.25, 0.3) is 0 Å². The molecule has 4 rings (SSSR count). The van der Waals surface area contributed by atoms with Gasteiger partial charge in [-0.25, -0.2) is 4.79 Å². The van der Waals surface area contributed by atoms with E-state index in [-0.39, 0.29) is 29.2 Å².